The van der Waals surface area contributed by atoms with Crippen LogP contribution in [0.5, 0.6) is 0 Å². The summed E-state index contributed by atoms with van der Waals surface area (Å²) in [4.78, 5) is 10.3. The third-order valence-corrected chi connectivity index (χ3v) is 3.43. The first kappa shape index (κ1) is 10.4. The molecule has 2 aliphatic rings. The van der Waals surface area contributed by atoms with Crippen molar-refractivity contribution in [3.63, 3.8) is 0 Å². The van der Waals surface area contributed by atoms with Gasteiger partial charge in [0.05, 0.1) is 0 Å². The summed E-state index contributed by atoms with van der Waals surface area (Å²) in [5.74, 6) is -0.126. The predicted molar refractivity (Wildman–Crippen MR) is 55.7 cm³/mol. The van der Waals surface area contributed by atoms with Crippen molar-refractivity contribution < 1.29 is 9.78 Å². The van der Waals surface area contributed by atoms with Gasteiger partial charge < -0.3 is 0 Å². The van der Waals surface area contributed by atoms with Crippen molar-refractivity contribution in [3.05, 3.63) is 0 Å². The zero-order valence-corrected chi connectivity index (χ0v) is 9.09. The SMILES string of the molecule is C1CCCCCC2(CCCCC1)OO2. The van der Waals surface area contributed by atoms with Gasteiger partial charge in [-0.3, -0.25) is 0 Å². The molecule has 0 amide bonds. The zero-order valence-electron chi connectivity index (χ0n) is 9.09. The standard InChI is InChI=1S/C12H22O2/c1-2-4-6-8-10-12(13-14-12)11-9-7-5-3-1/h1-11H2. The molecule has 1 saturated carbocycles. The maximum absolute atomic E-state index is 5.14. The highest BCUT2D eigenvalue weighted by atomic mass is 17.4. The molecule has 2 rings (SSSR count). The fourth-order valence-electron chi connectivity index (χ4n) is 2.38. The first-order valence-electron chi connectivity index (χ1n) is 6.28. The number of hydrogen-bond donors (Lipinski definition) is 0. The fraction of sp³-hybridized carbons (Fsp3) is 1.00. The Labute approximate surface area is 86.9 Å². The van der Waals surface area contributed by atoms with Gasteiger partial charge >= 0.3 is 0 Å². The zero-order chi connectivity index (χ0) is 9.69. The highest BCUT2D eigenvalue weighted by molar-refractivity contribution is 4.74. The summed E-state index contributed by atoms with van der Waals surface area (Å²) in [5, 5.41) is 0. The monoisotopic (exact) mass is 198 g/mol. The van der Waals surface area contributed by atoms with Crippen LogP contribution in [0.25, 0.3) is 0 Å². The second-order valence-electron chi connectivity index (χ2n) is 4.76. The Morgan fingerprint density at radius 1 is 0.500 bits per heavy atom. The van der Waals surface area contributed by atoms with Crippen LogP contribution in [0.3, 0.4) is 0 Å². The molecule has 2 fully saturated rings. The van der Waals surface area contributed by atoms with Crippen LogP contribution in [-0.2, 0) is 9.78 Å². The summed E-state index contributed by atoms with van der Waals surface area (Å²) in [6, 6.07) is 0. The van der Waals surface area contributed by atoms with Crippen LogP contribution < -0.4 is 0 Å². The molecule has 0 radical (unpaired) electrons. The smallest absolute Gasteiger partial charge is 0.195 e. The molecule has 1 aliphatic carbocycles. The lowest BCUT2D eigenvalue weighted by Gasteiger charge is -2.09. The van der Waals surface area contributed by atoms with Gasteiger partial charge in [0.25, 0.3) is 0 Å². The molecule has 0 N–H and O–H groups in total. The first-order chi connectivity index (χ1) is 6.91. The lowest BCUT2D eigenvalue weighted by Crippen LogP contribution is -2.10. The maximum atomic E-state index is 5.14. The van der Waals surface area contributed by atoms with E-state index in [2.05, 4.69) is 0 Å². The Kier molecular flexibility index (Phi) is 3.82. The van der Waals surface area contributed by atoms with Crippen LogP contribution in [0.4, 0.5) is 0 Å². The molecule has 0 aromatic heterocycles. The summed E-state index contributed by atoms with van der Waals surface area (Å²) in [6.07, 6.45) is 14.6. The van der Waals surface area contributed by atoms with Gasteiger partial charge in [-0.1, -0.05) is 44.9 Å². The third-order valence-electron chi connectivity index (χ3n) is 3.43. The third kappa shape index (κ3) is 3.25. The van der Waals surface area contributed by atoms with Crippen molar-refractivity contribution in [2.45, 2.75) is 76.4 Å². The molecule has 82 valence electrons. The topological polar surface area (TPSA) is 25.1 Å². The molecule has 0 aromatic carbocycles. The highest BCUT2D eigenvalue weighted by Crippen LogP contribution is 2.40. The van der Waals surface area contributed by atoms with E-state index in [1.807, 2.05) is 0 Å². The van der Waals surface area contributed by atoms with Gasteiger partial charge in [-0.05, 0) is 12.8 Å². The summed E-state index contributed by atoms with van der Waals surface area (Å²) in [5.41, 5.74) is 0. The second-order valence-corrected chi connectivity index (χ2v) is 4.76. The summed E-state index contributed by atoms with van der Waals surface area (Å²) in [7, 11) is 0. The van der Waals surface area contributed by atoms with Crippen molar-refractivity contribution in [3.8, 4) is 0 Å². The van der Waals surface area contributed by atoms with Gasteiger partial charge in [0.2, 0.25) is 5.79 Å². The van der Waals surface area contributed by atoms with Crippen LogP contribution in [0.1, 0.15) is 70.6 Å². The molecule has 14 heavy (non-hydrogen) atoms. The fourth-order valence-corrected chi connectivity index (χ4v) is 2.38. The van der Waals surface area contributed by atoms with Crippen molar-refractivity contribution in [1.82, 2.24) is 0 Å². The summed E-state index contributed by atoms with van der Waals surface area (Å²) < 4.78 is 0. The number of hydrogen-bond acceptors (Lipinski definition) is 2. The van der Waals surface area contributed by atoms with Gasteiger partial charge in [-0.15, -0.1) is 0 Å². The van der Waals surface area contributed by atoms with E-state index >= 15 is 0 Å². The van der Waals surface area contributed by atoms with Crippen LogP contribution >= 0.6 is 0 Å². The van der Waals surface area contributed by atoms with Gasteiger partial charge in [-0.25, -0.2) is 0 Å². The van der Waals surface area contributed by atoms with E-state index in [0.29, 0.717) is 0 Å². The predicted octanol–water partition coefficient (Wildman–Crippen LogP) is 3.95. The lowest BCUT2D eigenvalue weighted by molar-refractivity contribution is 0.0850. The molecule has 0 bridgehead atoms. The normalized spacial score (nSPS) is 29.1. The van der Waals surface area contributed by atoms with Crippen molar-refractivity contribution >= 4 is 0 Å². The molecule has 2 nitrogen and oxygen atoms in total. The van der Waals surface area contributed by atoms with Crippen LogP contribution in [-0.4, -0.2) is 5.79 Å². The first-order valence-corrected chi connectivity index (χ1v) is 6.28. The number of rotatable bonds is 0. The van der Waals surface area contributed by atoms with E-state index in [1.165, 1.54) is 57.8 Å². The molecule has 2 heteroatoms. The van der Waals surface area contributed by atoms with E-state index < -0.39 is 0 Å². The average Bonchev–Trinajstić information content (AvgIpc) is 2.92. The van der Waals surface area contributed by atoms with Crippen molar-refractivity contribution in [2.24, 2.45) is 0 Å². The van der Waals surface area contributed by atoms with E-state index in [0.717, 1.165) is 12.8 Å². The second kappa shape index (κ2) is 5.13. The van der Waals surface area contributed by atoms with E-state index in [1.54, 1.807) is 0 Å². The van der Waals surface area contributed by atoms with Gasteiger partial charge in [-0.2, -0.15) is 9.78 Å². The van der Waals surface area contributed by atoms with Crippen LogP contribution in [0.15, 0.2) is 0 Å². The molecular formula is C12H22O2. The lowest BCUT2D eigenvalue weighted by atomic mass is 9.98. The largest absolute Gasteiger partial charge is 0.234 e. The average molecular weight is 198 g/mol. The van der Waals surface area contributed by atoms with E-state index in [4.69, 9.17) is 9.78 Å². The summed E-state index contributed by atoms with van der Waals surface area (Å²) >= 11 is 0. The minimum absolute atomic E-state index is 0.126. The quantitative estimate of drug-likeness (QED) is 0.435. The molecule has 1 saturated heterocycles. The van der Waals surface area contributed by atoms with Crippen LogP contribution in [0.2, 0.25) is 0 Å². The maximum Gasteiger partial charge on any atom is 0.234 e. The van der Waals surface area contributed by atoms with Crippen LogP contribution in [0, 0.1) is 0 Å². The minimum Gasteiger partial charge on any atom is -0.195 e. The Balaban J connectivity index is 1.71. The van der Waals surface area contributed by atoms with E-state index in [9.17, 15) is 0 Å². The molecular weight excluding hydrogens is 176 g/mol. The Bertz CT molecular complexity index is 150. The molecule has 0 unspecified atom stereocenters. The highest BCUT2D eigenvalue weighted by Gasteiger charge is 2.47. The summed E-state index contributed by atoms with van der Waals surface area (Å²) in [6.45, 7) is 0. The van der Waals surface area contributed by atoms with Crippen molar-refractivity contribution in [2.75, 3.05) is 0 Å². The van der Waals surface area contributed by atoms with E-state index in [-0.39, 0.29) is 5.79 Å². The molecule has 1 spiro atoms. The van der Waals surface area contributed by atoms with Gasteiger partial charge in [0.15, 0.2) is 0 Å². The minimum atomic E-state index is -0.126. The van der Waals surface area contributed by atoms with Gasteiger partial charge in [0.1, 0.15) is 0 Å². The van der Waals surface area contributed by atoms with Gasteiger partial charge in [0, 0.05) is 12.8 Å². The molecule has 1 heterocycles. The Morgan fingerprint density at radius 2 is 0.857 bits per heavy atom. The molecule has 1 aliphatic heterocycles. The van der Waals surface area contributed by atoms with Crippen molar-refractivity contribution in [1.29, 1.82) is 0 Å². The Morgan fingerprint density at radius 3 is 1.21 bits per heavy atom. The molecule has 0 aromatic rings. The molecule has 0 atom stereocenters. The Hall–Kier alpha value is -0.0800.